The molecule has 0 saturated carbocycles. The van der Waals surface area contributed by atoms with Crippen LogP contribution in [-0.2, 0) is 9.59 Å². The Balaban J connectivity index is 1.49. The monoisotopic (exact) mass is 510 g/mol. The summed E-state index contributed by atoms with van der Waals surface area (Å²) < 4.78 is 16.2. The molecule has 0 aromatic heterocycles. The van der Waals surface area contributed by atoms with Crippen LogP contribution in [-0.4, -0.2) is 49.9 Å². The van der Waals surface area contributed by atoms with Crippen LogP contribution in [0.3, 0.4) is 0 Å². The van der Waals surface area contributed by atoms with E-state index in [2.05, 4.69) is 0 Å². The normalized spacial score (nSPS) is 23.1. The molecule has 8 heteroatoms. The molecule has 3 aliphatic heterocycles. The molecule has 4 unspecified atom stereocenters. The fourth-order valence-corrected chi connectivity index (χ4v) is 6.07. The molecule has 2 amide bonds. The molecule has 2 fully saturated rings. The highest BCUT2D eigenvalue weighted by Crippen LogP contribution is 2.54. The van der Waals surface area contributed by atoms with Gasteiger partial charge in [-0.3, -0.25) is 14.4 Å². The van der Waals surface area contributed by atoms with Crippen molar-refractivity contribution in [3.63, 3.8) is 0 Å². The number of Topliss-reactive ketones (excluding diaryl/α,β-unsaturated/α-hetero) is 1. The van der Waals surface area contributed by atoms with Crippen LogP contribution in [0.1, 0.15) is 27.5 Å². The summed E-state index contributed by atoms with van der Waals surface area (Å²) in [4.78, 5) is 45.4. The van der Waals surface area contributed by atoms with Crippen molar-refractivity contribution >= 4 is 29.4 Å². The summed E-state index contributed by atoms with van der Waals surface area (Å²) in [5.41, 5.74) is 2.62. The number of fused-ring (bicyclic) bond motifs is 5. The van der Waals surface area contributed by atoms with E-state index in [1.807, 2.05) is 41.4 Å². The van der Waals surface area contributed by atoms with Gasteiger partial charge in [-0.2, -0.15) is 0 Å². The zero-order valence-corrected chi connectivity index (χ0v) is 21.2. The molecule has 3 heterocycles. The average Bonchev–Trinajstić information content (AvgIpc) is 3.44. The number of ketones is 1. The van der Waals surface area contributed by atoms with Crippen LogP contribution in [0.25, 0.3) is 6.08 Å². The van der Waals surface area contributed by atoms with Gasteiger partial charge in [-0.25, -0.2) is 4.90 Å². The second-order valence-corrected chi connectivity index (χ2v) is 9.45. The summed E-state index contributed by atoms with van der Waals surface area (Å²) in [5.74, 6) is -1.33. The second kappa shape index (κ2) is 9.06. The second-order valence-electron chi connectivity index (χ2n) is 9.45. The van der Waals surface area contributed by atoms with Crippen LogP contribution >= 0.6 is 0 Å². The third-order valence-corrected chi connectivity index (χ3v) is 7.72. The van der Waals surface area contributed by atoms with Gasteiger partial charge in [-0.05, 0) is 47.5 Å². The molecule has 0 aliphatic carbocycles. The summed E-state index contributed by atoms with van der Waals surface area (Å²) >= 11 is 0. The highest BCUT2D eigenvalue weighted by Gasteiger charge is 2.64. The van der Waals surface area contributed by atoms with Gasteiger partial charge in [0.25, 0.3) is 0 Å². The van der Waals surface area contributed by atoms with Crippen molar-refractivity contribution in [2.75, 3.05) is 26.2 Å². The Morgan fingerprint density at radius 1 is 0.763 bits per heavy atom. The number of amides is 2. The Morgan fingerprint density at radius 2 is 1.45 bits per heavy atom. The molecule has 0 bridgehead atoms. The maximum absolute atomic E-state index is 14.2. The van der Waals surface area contributed by atoms with E-state index >= 15 is 0 Å². The summed E-state index contributed by atoms with van der Waals surface area (Å²) in [6.45, 7) is 0. The Labute approximate surface area is 220 Å². The number of hydrogen-bond acceptors (Lipinski definition) is 7. The number of hydrogen-bond donors (Lipinski definition) is 0. The van der Waals surface area contributed by atoms with Gasteiger partial charge in [0.2, 0.25) is 11.8 Å². The van der Waals surface area contributed by atoms with E-state index in [1.165, 1.54) is 26.2 Å². The Bertz CT molecular complexity index is 1500. The standard InChI is InChI=1S/C30H26N2O6/c1-36-21-11-7-6-10-20(21)32-29(34)24-25(30(32)35)27(28(33)18-12-13-22(37-2)23(16-18)38-3)31-15-14-17-8-4-5-9-19(17)26(24)31/h4-16,24-27H,1-3H3. The summed E-state index contributed by atoms with van der Waals surface area (Å²) in [6.07, 6.45) is 3.76. The molecular formula is C30H26N2O6. The fraction of sp³-hybridized carbons (Fsp3) is 0.233. The Morgan fingerprint density at radius 3 is 2.21 bits per heavy atom. The molecule has 0 spiro atoms. The molecule has 0 radical (unpaired) electrons. The summed E-state index contributed by atoms with van der Waals surface area (Å²) in [6, 6.07) is 18.3. The maximum atomic E-state index is 14.2. The lowest BCUT2D eigenvalue weighted by Crippen LogP contribution is -2.44. The van der Waals surface area contributed by atoms with Crippen molar-refractivity contribution < 1.29 is 28.6 Å². The van der Waals surface area contributed by atoms with Crippen molar-refractivity contribution in [3.05, 3.63) is 89.6 Å². The number of nitrogens with zero attached hydrogens (tertiary/aromatic N) is 2. The highest BCUT2D eigenvalue weighted by molar-refractivity contribution is 6.25. The van der Waals surface area contributed by atoms with E-state index in [0.29, 0.717) is 28.5 Å². The molecule has 3 aromatic rings. The van der Waals surface area contributed by atoms with Crippen molar-refractivity contribution in [3.8, 4) is 17.2 Å². The van der Waals surface area contributed by atoms with Crippen molar-refractivity contribution in [1.82, 2.24) is 4.90 Å². The quantitative estimate of drug-likeness (QED) is 0.364. The zero-order chi connectivity index (χ0) is 26.6. The molecule has 4 atom stereocenters. The minimum absolute atomic E-state index is 0.268. The zero-order valence-electron chi connectivity index (χ0n) is 21.2. The van der Waals surface area contributed by atoms with Gasteiger partial charge >= 0.3 is 0 Å². The maximum Gasteiger partial charge on any atom is 0.240 e. The van der Waals surface area contributed by atoms with Gasteiger partial charge in [0, 0.05) is 11.8 Å². The molecule has 0 N–H and O–H groups in total. The Hall–Kier alpha value is -4.59. The van der Waals surface area contributed by atoms with E-state index in [4.69, 9.17) is 14.2 Å². The number of anilines is 1. The van der Waals surface area contributed by atoms with E-state index in [0.717, 1.165) is 11.1 Å². The third-order valence-electron chi connectivity index (χ3n) is 7.72. The fourth-order valence-electron chi connectivity index (χ4n) is 6.07. The largest absolute Gasteiger partial charge is 0.495 e. The van der Waals surface area contributed by atoms with E-state index in [9.17, 15) is 14.4 Å². The molecule has 38 heavy (non-hydrogen) atoms. The van der Waals surface area contributed by atoms with E-state index in [1.54, 1.807) is 42.5 Å². The summed E-state index contributed by atoms with van der Waals surface area (Å²) in [5, 5.41) is 0. The number of imide groups is 1. The number of ether oxygens (including phenoxy) is 3. The first-order valence-electron chi connectivity index (χ1n) is 12.3. The molecule has 3 aromatic carbocycles. The summed E-state index contributed by atoms with van der Waals surface area (Å²) in [7, 11) is 4.52. The minimum atomic E-state index is -0.885. The topological polar surface area (TPSA) is 85.4 Å². The van der Waals surface area contributed by atoms with Crippen LogP contribution in [0.5, 0.6) is 17.2 Å². The van der Waals surface area contributed by atoms with Gasteiger partial charge < -0.3 is 19.1 Å². The molecule has 8 nitrogen and oxygen atoms in total. The number of benzene rings is 3. The van der Waals surface area contributed by atoms with E-state index in [-0.39, 0.29) is 11.7 Å². The number of carbonyl (C=O) groups is 3. The Kier molecular flexibility index (Phi) is 5.67. The SMILES string of the molecule is COc1ccc(C(=O)C2C3C(=O)N(c4ccccc4OC)C(=O)C3C3c4ccccc4C=CN23)cc1OC. The predicted octanol–water partition coefficient (Wildman–Crippen LogP) is 4.11. The number of methoxy groups -OCH3 is 3. The van der Waals surface area contributed by atoms with Gasteiger partial charge in [-0.1, -0.05) is 36.4 Å². The average molecular weight is 511 g/mol. The number of rotatable bonds is 6. The van der Waals surface area contributed by atoms with E-state index < -0.39 is 29.8 Å². The lowest BCUT2D eigenvalue weighted by Gasteiger charge is -2.35. The first-order chi connectivity index (χ1) is 18.5. The molecule has 3 aliphatic rings. The van der Waals surface area contributed by atoms with Crippen LogP contribution < -0.4 is 19.1 Å². The van der Waals surface area contributed by atoms with Crippen LogP contribution in [0.15, 0.2) is 72.9 Å². The van der Waals surface area contributed by atoms with Crippen LogP contribution in [0.4, 0.5) is 5.69 Å². The molecule has 6 rings (SSSR count). The highest BCUT2D eigenvalue weighted by atomic mass is 16.5. The first-order valence-corrected chi connectivity index (χ1v) is 12.3. The van der Waals surface area contributed by atoms with Gasteiger partial charge in [0.15, 0.2) is 17.3 Å². The van der Waals surface area contributed by atoms with Gasteiger partial charge in [0.05, 0.1) is 44.9 Å². The number of carbonyl (C=O) groups excluding carboxylic acids is 3. The van der Waals surface area contributed by atoms with Crippen molar-refractivity contribution in [2.45, 2.75) is 12.1 Å². The van der Waals surface area contributed by atoms with Gasteiger partial charge in [0.1, 0.15) is 11.8 Å². The minimum Gasteiger partial charge on any atom is -0.495 e. The first kappa shape index (κ1) is 23.8. The van der Waals surface area contributed by atoms with Crippen molar-refractivity contribution in [2.24, 2.45) is 11.8 Å². The lowest BCUT2D eigenvalue weighted by molar-refractivity contribution is -0.123. The third kappa shape index (κ3) is 3.33. The van der Waals surface area contributed by atoms with Crippen LogP contribution in [0, 0.1) is 11.8 Å². The van der Waals surface area contributed by atoms with Gasteiger partial charge in [-0.15, -0.1) is 0 Å². The predicted molar refractivity (Wildman–Crippen MR) is 140 cm³/mol. The van der Waals surface area contributed by atoms with Crippen LogP contribution in [0.2, 0.25) is 0 Å². The lowest BCUT2D eigenvalue weighted by atomic mass is 9.83. The van der Waals surface area contributed by atoms with Crippen molar-refractivity contribution in [1.29, 1.82) is 0 Å². The molecule has 2 saturated heterocycles. The molecule has 192 valence electrons. The molecular weight excluding hydrogens is 484 g/mol. The number of para-hydroxylation sites is 2. The smallest absolute Gasteiger partial charge is 0.240 e.